The smallest absolute Gasteiger partial charge is 0.266 e. The standard InChI is InChI=1S/C20H24N2O3S2/c1-2-12-25-17-6-4-16(5-7-17)15-18-19(23)22(20(26)27-18)9-3-8-21-10-13-24-14-11-21/h2,4-7,15H,1,3,8-14H2. The van der Waals surface area contributed by atoms with Gasteiger partial charge in [0.15, 0.2) is 0 Å². The molecule has 1 aromatic rings. The Bertz CT molecular complexity index is 712. The quantitative estimate of drug-likeness (QED) is 0.377. The second kappa shape index (κ2) is 10.0. The van der Waals surface area contributed by atoms with E-state index < -0.39 is 0 Å². The number of hydrogen-bond acceptors (Lipinski definition) is 6. The number of amides is 1. The van der Waals surface area contributed by atoms with Crippen LogP contribution in [0.5, 0.6) is 5.75 Å². The molecule has 0 bridgehead atoms. The van der Waals surface area contributed by atoms with E-state index in [1.807, 2.05) is 30.3 Å². The highest BCUT2D eigenvalue weighted by atomic mass is 32.2. The highest BCUT2D eigenvalue weighted by Gasteiger charge is 2.31. The number of nitrogens with zero attached hydrogens (tertiary/aromatic N) is 2. The summed E-state index contributed by atoms with van der Waals surface area (Å²) in [5.41, 5.74) is 0.953. The van der Waals surface area contributed by atoms with E-state index in [1.54, 1.807) is 11.0 Å². The van der Waals surface area contributed by atoms with Crippen molar-refractivity contribution in [1.29, 1.82) is 0 Å². The first kappa shape index (κ1) is 20.1. The van der Waals surface area contributed by atoms with Gasteiger partial charge in [-0.3, -0.25) is 14.6 Å². The Kier molecular flexibility index (Phi) is 7.46. The minimum Gasteiger partial charge on any atom is -0.490 e. The molecule has 0 atom stereocenters. The van der Waals surface area contributed by atoms with Gasteiger partial charge in [-0.15, -0.1) is 0 Å². The van der Waals surface area contributed by atoms with Crippen LogP contribution in [0.15, 0.2) is 41.8 Å². The molecular formula is C20H24N2O3S2. The van der Waals surface area contributed by atoms with Gasteiger partial charge in [0.1, 0.15) is 16.7 Å². The lowest BCUT2D eigenvalue weighted by atomic mass is 10.2. The normalized spacial score (nSPS) is 19.7. The monoisotopic (exact) mass is 404 g/mol. The number of thioether (sulfide) groups is 1. The predicted octanol–water partition coefficient (Wildman–Crippen LogP) is 3.17. The molecule has 1 amide bonds. The van der Waals surface area contributed by atoms with Gasteiger partial charge < -0.3 is 9.47 Å². The molecule has 1 aromatic carbocycles. The summed E-state index contributed by atoms with van der Waals surface area (Å²) < 4.78 is 11.5. The fourth-order valence-corrected chi connectivity index (χ4v) is 4.25. The van der Waals surface area contributed by atoms with Crippen LogP contribution >= 0.6 is 24.0 Å². The van der Waals surface area contributed by atoms with E-state index in [4.69, 9.17) is 21.7 Å². The van der Waals surface area contributed by atoms with Gasteiger partial charge in [0.25, 0.3) is 5.91 Å². The summed E-state index contributed by atoms with van der Waals surface area (Å²) in [4.78, 5) is 17.4. The summed E-state index contributed by atoms with van der Waals surface area (Å²) in [6.45, 7) is 9.24. The average molecular weight is 405 g/mol. The minimum atomic E-state index is -0.000962. The maximum absolute atomic E-state index is 12.7. The van der Waals surface area contributed by atoms with E-state index in [0.717, 1.165) is 50.6 Å². The molecule has 0 aromatic heterocycles. The van der Waals surface area contributed by atoms with Gasteiger partial charge in [-0.05, 0) is 30.2 Å². The molecule has 0 saturated carbocycles. The van der Waals surface area contributed by atoms with E-state index >= 15 is 0 Å². The summed E-state index contributed by atoms with van der Waals surface area (Å²) in [6.07, 6.45) is 4.51. The number of thiocarbonyl (C=S) groups is 1. The molecule has 2 aliphatic rings. The lowest BCUT2D eigenvalue weighted by molar-refractivity contribution is -0.122. The maximum Gasteiger partial charge on any atom is 0.266 e. The highest BCUT2D eigenvalue weighted by molar-refractivity contribution is 8.26. The summed E-state index contributed by atoms with van der Waals surface area (Å²) >= 11 is 6.79. The van der Waals surface area contributed by atoms with Crippen molar-refractivity contribution in [2.45, 2.75) is 6.42 Å². The van der Waals surface area contributed by atoms with Gasteiger partial charge in [-0.1, -0.05) is 48.8 Å². The fraction of sp³-hybridized carbons (Fsp3) is 0.400. The predicted molar refractivity (Wildman–Crippen MR) is 114 cm³/mol. The molecule has 2 fully saturated rings. The van der Waals surface area contributed by atoms with Crippen molar-refractivity contribution in [3.8, 4) is 5.75 Å². The summed E-state index contributed by atoms with van der Waals surface area (Å²) in [5.74, 6) is 0.779. The van der Waals surface area contributed by atoms with Crippen LogP contribution in [0.1, 0.15) is 12.0 Å². The van der Waals surface area contributed by atoms with Crippen LogP contribution in [0.4, 0.5) is 0 Å². The number of morpholine rings is 1. The van der Waals surface area contributed by atoms with Crippen molar-refractivity contribution in [3.63, 3.8) is 0 Å². The zero-order chi connectivity index (χ0) is 19.1. The van der Waals surface area contributed by atoms with Crippen LogP contribution in [0.25, 0.3) is 6.08 Å². The lowest BCUT2D eigenvalue weighted by Crippen LogP contribution is -2.38. The molecule has 2 saturated heterocycles. The third-order valence-corrected chi connectivity index (χ3v) is 5.76. The molecule has 27 heavy (non-hydrogen) atoms. The zero-order valence-electron chi connectivity index (χ0n) is 15.3. The summed E-state index contributed by atoms with van der Waals surface area (Å²) in [5, 5.41) is 0. The van der Waals surface area contributed by atoms with Crippen LogP contribution in [-0.2, 0) is 9.53 Å². The van der Waals surface area contributed by atoms with E-state index in [0.29, 0.717) is 22.4 Å². The van der Waals surface area contributed by atoms with E-state index in [-0.39, 0.29) is 5.91 Å². The third kappa shape index (κ3) is 5.65. The van der Waals surface area contributed by atoms with Gasteiger partial charge in [-0.25, -0.2) is 0 Å². The van der Waals surface area contributed by atoms with Crippen molar-refractivity contribution in [2.24, 2.45) is 0 Å². The van der Waals surface area contributed by atoms with Crippen molar-refractivity contribution in [2.75, 3.05) is 46.0 Å². The number of rotatable bonds is 8. The maximum atomic E-state index is 12.7. The van der Waals surface area contributed by atoms with Crippen molar-refractivity contribution < 1.29 is 14.3 Å². The van der Waals surface area contributed by atoms with Gasteiger partial charge in [0.05, 0.1) is 18.1 Å². The highest BCUT2D eigenvalue weighted by Crippen LogP contribution is 2.32. The average Bonchev–Trinajstić information content (AvgIpc) is 2.95. The number of benzene rings is 1. The first-order valence-electron chi connectivity index (χ1n) is 9.06. The molecular weight excluding hydrogens is 380 g/mol. The van der Waals surface area contributed by atoms with Crippen LogP contribution < -0.4 is 4.74 Å². The van der Waals surface area contributed by atoms with Gasteiger partial charge in [0, 0.05) is 26.2 Å². The van der Waals surface area contributed by atoms with E-state index in [2.05, 4.69) is 11.5 Å². The zero-order valence-corrected chi connectivity index (χ0v) is 16.9. The van der Waals surface area contributed by atoms with Gasteiger partial charge in [0.2, 0.25) is 0 Å². The summed E-state index contributed by atoms with van der Waals surface area (Å²) in [7, 11) is 0. The molecule has 7 heteroatoms. The van der Waals surface area contributed by atoms with Crippen molar-refractivity contribution in [1.82, 2.24) is 9.80 Å². The topological polar surface area (TPSA) is 42.0 Å². The Labute approximate surface area is 170 Å². The largest absolute Gasteiger partial charge is 0.490 e. The molecule has 0 unspecified atom stereocenters. The Morgan fingerprint density at radius 2 is 1.96 bits per heavy atom. The number of carbonyl (C=O) groups is 1. The molecule has 5 nitrogen and oxygen atoms in total. The molecule has 2 heterocycles. The van der Waals surface area contributed by atoms with Crippen molar-refractivity contribution >= 4 is 40.3 Å². The Hall–Kier alpha value is -1.67. The Balaban J connectivity index is 1.54. The first-order valence-corrected chi connectivity index (χ1v) is 10.3. The van der Waals surface area contributed by atoms with Crippen LogP contribution in [0.3, 0.4) is 0 Å². The van der Waals surface area contributed by atoms with Crippen molar-refractivity contribution in [3.05, 3.63) is 47.4 Å². The minimum absolute atomic E-state index is 0.000962. The molecule has 2 aliphatic heterocycles. The first-order chi connectivity index (χ1) is 13.2. The van der Waals surface area contributed by atoms with E-state index in [1.165, 1.54) is 11.8 Å². The third-order valence-electron chi connectivity index (χ3n) is 4.38. The van der Waals surface area contributed by atoms with Crippen LogP contribution in [0.2, 0.25) is 0 Å². The SMILES string of the molecule is C=CCOc1ccc(C=C2SC(=S)N(CCCN3CCOCC3)C2=O)cc1. The Morgan fingerprint density at radius 1 is 1.22 bits per heavy atom. The molecule has 0 aliphatic carbocycles. The Morgan fingerprint density at radius 3 is 2.67 bits per heavy atom. The fourth-order valence-electron chi connectivity index (χ4n) is 2.94. The van der Waals surface area contributed by atoms with Gasteiger partial charge >= 0.3 is 0 Å². The number of carbonyl (C=O) groups excluding carboxylic acids is 1. The molecule has 3 rings (SSSR count). The molecule has 0 radical (unpaired) electrons. The van der Waals surface area contributed by atoms with Crippen LogP contribution in [-0.4, -0.2) is 66.0 Å². The molecule has 0 spiro atoms. The number of hydrogen-bond donors (Lipinski definition) is 0. The second-order valence-corrected chi connectivity index (χ2v) is 7.99. The van der Waals surface area contributed by atoms with Crippen LogP contribution in [0, 0.1) is 0 Å². The molecule has 144 valence electrons. The van der Waals surface area contributed by atoms with E-state index in [9.17, 15) is 4.79 Å². The summed E-state index contributed by atoms with van der Waals surface area (Å²) in [6, 6.07) is 7.64. The number of ether oxygens (including phenoxy) is 2. The second-order valence-electron chi connectivity index (χ2n) is 6.31. The lowest BCUT2D eigenvalue weighted by Gasteiger charge is -2.27. The molecule has 0 N–H and O–H groups in total. The van der Waals surface area contributed by atoms with Gasteiger partial charge in [-0.2, -0.15) is 0 Å².